The largest absolute Gasteiger partial charge is 0.0839 e. The van der Waals surface area contributed by atoms with Crippen LogP contribution in [0.4, 0.5) is 0 Å². The molecule has 0 N–H and O–H groups in total. The Hall–Kier alpha value is -1.56. The summed E-state index contributed by atoms with van der Waals surface area (Å²) in [6, 6.07) is 11.4. The van der Waals surface area contributed by atoms with Crippen molar-refractivity contribution in [3.8, 4) is 0 Å². The molecule has 0 aliphatic heterocycles. The van der Waals surface area contributed by atoms with Gasteiger partial charge in [-0.25, -0.2) is 0 Å². The Labute approximate surface area is 103 Å². The van der Waals surface area contributed by atoms with Crippen LogP contribution in [0, 0.1) is 6.92 Å². The van der Waals surface area contributed by atoms with E-state index >= 15 is 0 Å². The maximum Gasteiger partial charge on any atom is -0.0175 e. The van der Waals surface area contributed by atoms with Gasteiger partial charge in [0.25, 0.3) is 0 Å². The first-order valence-electron chi connectivity index (χ1n) is 6.45. The summed E-state index contributed by atoms with van der Waals surface area (Å²) in [5, 5.41) is 2.74. The molecule has 2 aromatic carbocycles. The molecule has 0 bridgehead atoms. The Balaban J connectivity index is 2.28. The minimum atomic E-state index is 0.672. The van der Waals surface area contributed by atoms with E-state index in [-0.39, 0.29) is 0 Å². The molecule has 17 heavy (non-hydrogen) atoms. The zero-order valence-electron chi connectivity index (χ0n) is 10.5. The van der Waals surface area contributed by atoms with Crippen molar-refractivity contribution in [1.82, 2.24) is 0 Å². The van der Waals surface area contributed by atoms with Gasteiger partial charge in [-0.2, -0.15) is 0 Å². The molecule has 0 heteroatoms. The van der Waals surface area contributed by atoms with Crippen LogP contribution in [0.1, 0.15) is 42.4 Å². The lowest BCUT2D eigenvalue weighted by molar-refractivity contribution is 0.696. The number of hydrogen-bond acceptors (Lipinski definition) is 0. The number of rotatable bonds is 0. The van der Waals surface area contributed by atoms with Crippen LogP contribution in [0.25, 0.3) is 16.8 Å². The molecule has 86 valence electrons. The Bertz CT molecular complexity index is 590. The molecule has 0 radical (unpaired) electrons. The fraction of sp³-hybridized carbons (Fsp3) is 0.294. The average molecular weight is 222 g/mol. The van der Waals surface area contributed by atoms with Crippen molar-refractivity contribution in [2.24, 2.45) is 0 Å². The van der Waals surface area contributed by atoms with Gasteiger partial charge in [0.15, 0.2) is 0 Å². The van der Waals surface area contributed by atoms with E-state index in [4.69, 9.17) is 0 Å². The van der Waals surface area contributed by atoms with Crippen LogP contribution in [0.5, 0.6) is 0 Å². The van der Waals surface area contributed by atoms with Gasteiger partial charge in [-0.1, -0.05) is 48.9 Å². The van der Waals surface area contributed by atoms with Crippen molar-refractivity contribution in [3.63, 3.8) is 0 Å². The zero-order chi connectivity index (χ0) is 11.8. The van der Waals surface area contributed by atoms with Crippen molar-refractivity contribution in [2.75, 3.05) is 0 Å². The molecule has 0 spiro atoms. The quantitative estimate of drug-likeness (QED) is 0.584. The number of allylic oxidation sites excluding steroid dienone is 1. The van der Waals surface area contributed by atoms with E-state index in [1.54, 1.807) is 0 Å². The zero-order valence-corrected chi connectivity index (χ0v) is 10.5. The minimum absolute atomic E-state index is 0.672. The van der Waals surface area contributed by atoms with E-state index in [0.29, 0.717) is 5.92 Å². The maximum atomic E-state index is 2.38. The van der Waals surface area contributed by atoms with Crippen LogP contribution < -0.4 is 0 Å². The van der Waals surface area contributed by atoms with Crippen molar-refractivity contribution >= 4 is 16.8 Å². The van der Waals surface area contributed by atoms with Gasteiger partial charge in [-0.15, -0.1) is 0 Å². The normalized spacial score (nSPS) is 19.1. The summed E-state index contributed by atoms with van der Waals surface area (Å²) >= 11 is 0. The summed E-state index contributed by atoms with van der Waals surface area (Å²) in [4.78, 5) is 0. The van der Waals surface area contributed by atoms with Crippen molar-refractivity contribution in [1.29, 1.82) is 0 Å². The predicted octanol–water partition coefficient (Wildman–Crippen LogP) is 5.06. The summed E-state index contributed by atoms with van der Waals surface area (Å²) in [5.41, 5.74) is 4.26. The number of benzene rings is 2. The smallest absolute Gasteiger partial charge is 0.0175 e. The highest BCUT2D eigenvalue weighted by Gasteiger charge is 2.12. The van der Waals surface area contributed by atoms with Gasteiger partial charge in [0.05, 0.1) is 0 Å². The Morgan fingerprint density at radius 1 is 1.06 bits per heavy atom. The monoisotopic (exact) mass is 222 g/mol. The standard InChI is InChI=1S/C17H18/c1-12-7-8-14-11-17-13(2)5-3-4-6-15(17)10-16(14)9-12/h4,6-11,13H,3,5H2,1-2H3. The van der Waals surface area contributed by atoms with Gasteiger partial charge in [-0.05, 0) is 53.6 Å². The summed E-state index contributed by atoms with van der Waals surface area (Å²) < 4.78 is 0. The first-order valence-corrected chi connectivity index (χ1v) is 6.45. The molecule has 0 fully saturated rings. The van der Waals surface area contributed by atoms with Gasteiger partial charge in [-0.3, -0.25) is 0 Å². The number of aryl methyl sites for hydroxylation is 1. The first kappa shape index (κ1) is 10.6. The van der Waals surface area contributed by atoms with Crippen LogP contribution in [-0.2, 0) is 0 Å². The van der Waals surface area contributed by atoms with Crippen LogP contribution in [0.15, 0.2) is 36.4 Å². The van der Waals surface area contributed by atoms with Crippen molar-refractivity contribution < 1.29 is 0 Å². The van der Waals surface area contributed by atoms with E-state index < -0.39 is 0 Å². The van der Waals surface area contributed by atoms with E-state index in [1.165, 1.54) is 40.3 Å². The third-order valence-electron chi connectivity index (χ3n) is 3.79. The van der Waals surface area contributed by atoms with Gasteiger partial charge in [0, 0.05) is 0 Å². The molecular formula is C17H18. The second-order valence-electron chi connectivity index (χ2n) is 5.21. The highest BCUT2D eigenvalue weighted by molar-refractivity contribution is 5.87. The highest BCUT2D eigenvalue weighted by Crippen LogP contribution is 2.32. The summed E-state index contributed by atoms with van der Waals surface area (Å²) in [5.74, 6) is 0.672. The second-order valence-corrected chi connectivity index (χ2v) is 5.21. The number of hydrogen-bond donors (Lipinski definition) is 0. The maximum absolute atomic E-state index is 2.38. The summed E-state index contributed by atoms with van der Waals surface area (Å²) in [7, 11) is 0. The fourth-order valence-electron chi connectivity index (χ4n) is 2.74. The molecule has 0 saturated carbocycles. The van der Waals surface area contributed by atoms with E-state index in [0.717, 1.165) is 0 Å². The van der Waals surface area contributed by atoms with Crippen LogP contribution >= 0.6 is 0 Å². The lowest BCUT2D eigenvalue weighted by Gasteiger charge is -2.13. The Morgan fingerprint density at radius 3 is 2.82 bits per heavy atom. The number of fused-ring (bicyclic) bond motifs is 2. The van der Waals surface area contributed by atoms with Gasteiger partial charge in [0.2, 0.25) is 0 Å². The third-order valence-corrected chi connectivity index (χ3v) is 3.79. The molecule has 0 aromatic heterocycles. The van der Waals surface area contributed by atoms with Crippen molar-refractivity contribution in [2.45, 2.75) is 32.6 Å². The lowest BCUT2D eigenvalue weighted by atomic mass is 9.91. The van der Waals surface area contributed by atoms with E-state index in [2.05, 4.69) is 56.3 Å². The Morgan fingerprint density at radius 2 is 1.94 bits per heavy atom. The fourth-order valence-corrected chi connectivity index (χ4v) is 2.74. The average Bonchev–Trinajstić information content (AvgIpc) is 2.49. The van der Waals surface area contributed by atoms with E-state index in [1.807, 2.05) is 0 Å². The molecule has 3 rings (SSSR count). The molecule has 2 aromatic rings. The van der Waals surface area contributed by atoms with Crippen LogP contribution in [-0.4, -0.2) is 0 Å². The SMILES string of the molecule is Cc1ccc2cc3c(cc2c1)C=CCCC3C. The summed E-state index contributed by atoms with van der Waals surface area (Å²) in [6.45, 7) is 4.50. The molecule has 1 atom stereocenters. The van der Waals surface area contributed by atoms with Gasteiger partial charge < -0.3 is 0 Å². The van der Waals surface area contributed by atoms with Gasteiger partial charge >= 0.3 is 0 Å². The van der Waals surface area contributed by atoms with Gasteiger partial charge in [0.1, 0.15) is 0 Å². The van der Waals surface area contributed by atoms with Crippen molar-refractivity contribution in [3.05, 3.63) is 53.1 Å². The first-order chi connectivity index (χ1) is 8.24. The topological polar surface area (TPSA) is 0 Å². The second kappa shape index (κ2) is 4.03. The molecule has 0 nitrogen and oxygen atoms in total. The van der Waals surface area contributed by atoms with Crippen LogP contribution in [0.3, 0.4) is 0 Å². The molecule has 0 heterocycles. The highest BCUT2D eigenvalue weighted by atomic mass is 14.2. The van der Waals surface area contributed by atoms with Crippen LogP contribution in [0.2, 0.25) is 0 Å². The molecule has 1 unspecified atom stereocenters. The molecule has 1 aliphatic rings. The predicted molar refractivity (Wildman–Crippen MR) is 75.4 cm³/mol. The third kappa shape index (κ3) is 1.88. The molecule has 0 saturated heterocycles. The molecule has 0 amide bonds. The summed E-state index contributed by atoms with van der Waals surface area (Å²) in [6.07, 6.45) is 7.07. The lowest BCUT2D eigenvalue weighted by Crippen LogP contribution is -1.95. The molecular weight excluding hydrogens is 204 g/mol. The van der Waals surface area contributed by atoms with E-state index in [9.17, 15) is 0 Å². The Kier molecular flexibility index (Phi) is 2.51. The molecule has 1 aliphatic carbocycles. The minimum Gasteiger partial charge on any atom is -0.0839 e.